The lowest BCUT2D eigenvalue weighted by molar-refractivity contribution is 0.321. The van der Waals surface area contributed by atoms with Gasteiger partial charge in [-0.25, -0.2) is 14.4 Å². The van der Waals surface area contributed by atoms with Crippen LogP contribution in [0.15, 0.2) is 40.6 Å². The van der Waals surface area contributed by atoms with Gasteiger partial charge < -0.3 is 10.5 Å². The monoisotopic (exact) mass is 265 g/mol. The average molecular weight is 265 g/mol. The van der Waals surface area contributed by atoms with Gasteiger partial charge in [0, 0.05) is 29.0 Å². The van der Waals surface area contributed by atoms with Crippen LogP contribution in [0.3, 0.4) is 0 Å². The highest BCUT2D eigenvalue weighted by atomic mass is 32.2. The SMILES string of the molecule is CCOc1cc(Sc2ncccn2)c(N)cc1F. The highest BCUT2D eigenvalue weighted by molar-refractivity contribution is 7.99. The molecule has 0 aliphatic rings. The molecule has 0 bridgehead atoms. The Kier molecular flexibility index (Phi) is 3.99. The van der Waals surface area contributed by atoms with Crippen LogP contribution in [0.1, 0.15) is 6.92 Å². The van der Waals surface area contributed by atoms with E-state index >= 15 is 0 Å². The molecule has 1 aromatic carbocycles. The maximum atomic E-state index is 13.5. The summed E-state index contributed by atoms with van der Waals surface area (Å²) in [7, 11) is 0. The van der Waals surface area contributed by atoms with E-state index in [4.69, 9.17) is 10.5 Å². The largest absolute Gasteiger partial charge is 0.491 e. The Morgan fingerprint density at radius 1 is 1.33 bits per heavy atom. The van der Waals surface area contributed by atoms with E-state index in [1.807, 2.05) is 0 Å². The van der Waals surface area contributed by atoms with Gasteiger partial charge in [0.2, 0.25) is 0 Å². The van der Waals surface area contributed by atoms with E-state index in [-0.39, 0.29) is 5.75 Å². The fraction of sp³-hybridized carbons (Fsp3) is 0.167. The van der Waals surface area contributed by atoms with Crippen LogP contribution in [0.5, 0.6) is 5.75 Å². The van der Waals surface area contributed by atoms with Crippen molar-refractivity contribution < 1.29 is 9.13 Å². The first-order valence-corrected chi connectivity index (χ1v) is 6.19. The van der Waals surface area contributed by atoms with Gasteiger partial charge in [-0.1, -0.05) is 0 Å². The molecule has 0 spiro atoms. The fourth-order valence-corrected chi connectivity index (χ4v) is 2.11. The summed E-state index contributed by atoms with van der Waals surface area (Å²) in [6.45, 7) is 2.19. The molecule has 2 N–H and O–H groups in total. The molecule has 0 unspecified atom stereocenters. The second-order valence-corrected chi connectivity index (χ2v) is 4.40. The van der Waals surface area contributed by atoms with Gasteiger partial charge >= 0.3 is 0 Å². The topological polar surface area (TPSA) is 61.0 Å². The van der Waals surface area contributed by atoms with E-state index in [0.717, 1.165) is 0 Å². The number of nitrogens with two attached hydrogens (primary N) is 1. The average Bonchev–Trinajstić information content (AvgIpc) is 2.37. The molecule has 0 fully saturated rings. The first-order valence-electron chi connectivity index (χ1n) is 5.37. The van der Waals surface area contributed by atoms with Crippen molar-refractivity contribution in [2.75, 3.05) is 12.3 Å². The first-order chi connectivity index (χ1) is 8.70. The summed E-state index contributed by atoms with van der Waals surface area (Å²) in [5, 5.41) is 0.554. The van der Waals surface area contributed by atoms with Gasteiger partial charge in [-0.2, -0.15) is 0 Å². The maximum Gasteiger partial charge on any atom is 0.192 e. The van der Waals surface area contributed by atoms with Crippen LogP contribution in [0.4, 0.5) is 10.1 Å². The molecule has 0 amide bonds. The normalized spacial score (nSPS) is 10.3. The summed E-state index contributed by atoms with van der Waals surface area (Å²) in [5.74, 6) is -0.280. The summed E-state index contributed by atoms with van der Waals surface area (Å²) in [5.41, 5.74) is 6.10. The highest BCUT2D eigenvalue weighted by Gasteiger charge is 2.11. The number of nitrogen functional groups attached to an aromatic ring is 1. The van der Waals surface area contributed by atoms with E-state index < -0.39 is 5.82 Å². The summed E-state index contributed by atoms with van der Waals surface area (Å²) < 4.78 is 18.7. The third kappa shape index (κ3) is 2.89. The molecule has 2 rings (SSSR count). The molecule has 1 heterocycles. The molecular formula is C12H12FN3OS. The molecule has 0 aliphatic carbocycles. The third-order valence-corrected chi connectivity index (χ3v) is 3.07. The Morgan fingerprint density at radius 3 is 2.72 bits per heavy atom. The molecule has 0 atom stereocenters. The van der Waals surface area contributed by atoms with Gasteiger partial charge in [0.15, 0.2) is 16.7 Å². The van der Waals surface area contributed by atoms with Gasteiger partial charge in [-0.3, -0.25) is 0 Å². The molecule has 4 nitrogen and oxygen atoms in total. The van der Waals surface area contributed by atoms with Crippen LogP contribution in [-0.4, -0.2) is 16.6 Å². The van der Waals surface area contributed by atoms with Crippen LogP contribution in [0.2, 0.25) is 0 Å². The Morgan fingerprint density at radius 2 is 2.06 bits per heavy atom. The van der Waals surface area contributed by atoms with Crippen LogP contribution in [0, 0.1) is 5.82 Å². The summed E-state index contributed by atoms with van der Waals surface area (Å²) in [4.78, 5) is 8.82. The highest BCUT2D eigenvalue weighted by Crippen LogP contribution is 2.34. The molecule has 0 radical (unpaired) electrons. The number of ether oxygens (including phenoxy) is 1. The maximum absolute atomic E-state index is 13.5. The number of nitrogens with zero attached hydrogens (tertiary/aromatic N) is 2. The van der Waals surface area contributed by atoms with Gasteiger partial charge in [-0.05, 0) is 30.8 Å². The number of hydrogen-bond donors (Lipinski definition) is 1. The Labute approximate surface area is 108 Å². The lowest BCUT2D eigenvalue weighted by Crippen LogP contribution is -1.98. The second kappa shape index (κ2) is 5.68. The molecule has 0 saturated heterocycles. The second-order valence-electron chi connectivity index (χ2n) is 3.39. The predicted molar refractivity (Wildman–Crippen MR) is 68.1 cm³/mol. The summed E-state index contributed by atoms with van der Waals surface area (Å²) in [6.07, 6.45) is 3.27. The Hall–Kier alpha value is -1.82. The molecule has 2 aromatic rings. The Bertz CT molecular complexity index is 536. The van der Waals surface area contributed by atoms with Crippen LogP contribution in [0.25, 0.3) is 0 Å². The van der Waals surface area contributed by atoms with Crippen molar-refractivity contribution in [3.05, 3.63) is 36.4 Å². The fourth-order valence-electron chi connectivity index (χ4n) is 1.34. The number of hydrogen-bond acceptors (Lipinski definition) is 5. The predicted octanol–water partition coefficient (Wildman–Crippen LogP) is 2.75. The van der Waals surface area contributed by atoms with E-state index in [0.29, 0.717) is 22.3 Å². The van der Waals surface area contributed by atoms with Crippen molar-refractivity contribution in [3.63, 3.8) is 0 Å². The summed E-state index contributed by atoms with van der Waals surface area (Å²) in [6, 6.07) is 4.54. The Balaban J connectivity index is 2.30. The van der Waals surface area contributed by atoms with Crippen molar-refractivity contribution in [2.45, 2.75) is 17.0 Å². The number of anilines is 1. The minimum atomic E-state index is -0.465. The molecule has 0 aliphatic heterocycles. The molecule has 1 aromatic heterocycles. The van der Waals surface area contributed by atoms with Gasteiger partial charge in [0.05, 0.1) is 6.61 Å². The van der Waals surface area contributed by atoms with Crippen molar-refractivity contribution in [1.82, 2.24) is 9.97 Å². The molecule has 0 saturated carbocycles. The minimum absolute atomic E-state index is 0.185. The lowest BCUT2D eigenvalue weighted by atomic mass is 10.3. The zero-order valence-corrected chi connectivity index (χ0v) is 10.6. The minimum Gasteiger partial charge on any atom is -0.491 e. The standard InChI is InChI=1S/C12H12FN3OS/c1-2-17-10-7-11(9(14)6-8(10)13)18-12-15-4-3-5-16-12/h3-7H,2,14H2,1H3. The van der Waals surface area contributed by atoms with Crippen molar-refractivity contribution in [1.29, 1.82) is 0 Å². The van der Waals surface area contributed by atoms with E-state index in [9.17, 15) is 4.39 Å². The van der Waals surface area contributed by atoms with Crippen LogP contribution in [-0.2, 0) is 0 Å². The number of rotatable bonds is 4. The van der Waals surface area contributed by atoms with Crippen LogP contribution >= 0.6 is 11.8 Å². The molecular weight excluding hydrogens is 253 g/mol. The van der Waals surface area contributed by atoms with Gasteiger partial charge in [0.1, 0.15) is 0 Å². The van der Waals surface area contributed by atoms with Gasteiger partial charge in [0.25, 0.3) is 0 Å². The van der Waals surface area contributed by atoms with E-state index in [2.05, 4.69) is 9.97 Å². The third-order valence-electron chi connectivity index (χ3n) is 2.11. The molecule has 6 heteroatoms. The number of aromatic nitrogens is 2. The van der Waals surface area contributed by atoms with Gasteiger partial charge in [-0.15, -0.1) is 0 Å². The van der Waals surface area contributed by atoms with Crippen LogP contribution < -0.4 is 10.5 Å². The van der Waals surface area contributed by atoms with Crippen molar-refractivity contribution in [3.8, 4) is 5.75 Å². The quantitative estimate of drug-likeness (QED) is 0.680. The smallest absolute Gasteiger partial charge is 0.192 e. The number of benzene rings is 1. The first kappa shape index (κ1) is 12.6. The van der Waals surface area contributed by atoms with E-state index in [1.54, 1.807) is 31.5 Å². The van der Waals surface area contributed by atoms with E-state index in [1.165, 1.54) is 17.8 Å². The van der Waals surface area contributed by atoms with Crippen molar-refractivity contribution >= 4 is 17.4 Å². The number of halogens is 1. The zero-order valence-electron chi connectivity index (χ0n) is 9.76. The lowest BCUT2D eigenvalue weighted by Gasteiger charge is -2.09. The molecule has 94 valence electrons. The summed E-state index contributed by atoms with van der Waals surface area (Å²) >= 11 is 1.27. The molecule has 18 heavy (non-hydrogen) atoms. The zero-order chi connectivity index (χ0) is 13.0. The van der Waals surface area contributed by atoms with Crippen molar-refractivity contribution in [2.24, 2.45) is 0 Å².